The summed E-state index contributed by atoms with van der Waals surface area (Å²) in [5.41, 5.74) is 0. The van der Waals surface area contributed by atoms with Gasteiger partial charge in [0, 0.05) is 5.39 Å². The Morgan fingerprint density at radius 2 is 1.44 bits per heavy atom. The third-order valence-electron chi connectivity index (χ3n) is 2.39. The average Bonchev–Trinajstić information content (AvgIpc) is 2.97. The minimum atomic E-state index is -2.50. The van der Waals surface area contributed by atoms with Crippen LogP contribution in [0.15, 0.2) is 70.3 Å². The summed E-state index contributed by atoms with van der Waals surface area (Å²) >= 11 is 1.71. The van der Waals surface area contributed by atoms with Crippen molar-refractivity contribution in [3.05, 3.63) is 65.4 Å². The maximum absolute atomic E-state index is 10.9. The summed E-state index contributed by atoms with van der Waals surface area (Å²) in [6.07, 6.45) is 0. The maximum atomic E-state index is 10.9. The van der Waals surface area contributed by atoms with E-state index in [9.17, 15) is 8.42 Å². The zero-order valence-corrected chi connectivity index (χ0v) is 11.2. The van der Waals surface area contributed by atoms with Gasteiger partial charge in [-0.1, -0.05) is 48.5 Å². The number of thiophene rings is 1. The highest BCUT2D eigenvalue weighted by Crippen LogP contribution is 2.18. The molecule has 3 aromatic rings. The van der Waals surface area contributed by atoms with E-state index in [2.05, 4.69) is 0 Å². The lowest BCUT2D eigenvalue weighted by molar-refractivity contribution is 0.615. The van der Waals surface area contributed by atoms with Gasteiger partial charge in [-0.15, -0.1) is 0 Å². The molecule has 2 aromatic carbocycles. The summed E-state index contributed by atoms with van der Waals surface area (Å²) in [5.74, 6) is 0. The molecule has 0 unspecified atom stereocenters. The van der Waals surface area contributed by atoms with E-state index in [0.717, 1.165) is 10.8 Å². The molecule has 0 fully saturated rings. The van der Waals surface area contributed by atoms with Crippen LogP contribution in [0.4, 0.5) is 0 Å². The predicted octanol–water partition coefficient (Wildman–Crippen LogP) is 3.56. The molecule has 0 atom stereocenters. The van der Waals surface area contributed by atoms with Crippen molar-refractivity contribution in [2.24, 2.45) is 0 Å². The highest BCUT2D eigenvalue weighted by Gasteiger charge is 2.00. The lowest BCUT2D eigenvalue weighted by Gasteiger charge is -1.98. The molecule has 0 aliphatic rings. The first-order valence-corrected chi connectivity index (χ1v) is 7.50. The normalized spacial score (nSPS) is 10.1. The standard InChI is InChI=1S/C10H8O2S.C4H4S/c11-13(12)10-7-3-5-8-4-1-2-6-9(8)10;1-2-4-5-3-1/h1-7,13H;1-4H. The average molecular weight is 276 g/mol. The van der Waals surface area contributed by atoms with Gasteiger partial charge in [0.25, 0.3) is 0 Å². The SMILES string of the molecule is O=[SH](=O)c1cccc2ccccc12.c1ccsc1. The van der Waals surface area contributed by atoms with Crippen molar-refractivity contribution in [3.8, 4) is 0 Å². The molecule has 2 nitrogen and oxygen atoms in total. The summed E-state index contributed by atoms with van der Waals surface area (Å²) < 4.78 is 21.7. The summed E-state index contributed by atoms with van der Waals surface area (Å²) in [5, 5.41) is 5.83. The van der Waals surface area contributed by atoms with Gasteiger partial charge in [-0.05, 0) is 22.2 Å². The molecule has 3 rings (SSSR count). The fourth-order valence-electron chi connectivity index (χ4n) is 1.59. The van der Waals surface area contributed by atoms with Crippen molar-refractivity contribution in [3.63, 3.8) is 0 Å². The van der Waals surface area contributed by atoms with Crippen molar-refractivity contribution in [1.29, 1.82) is 0 Å². The molecule has 0 radical (unpaired) electrons. The van der Waals surface area contributed by atoms with Crippen LogP contribution in [0, 0.1) is 0 Å². The molecule has 92 valence electrons. The van der Waals surface area contributed by atoms with E-state index in [0.29, 0.717) is 4.90 Å². The second-order valence-electron chi connectivity index (χ2n) is 3.55. The van der Waals surface area contributed by atoms with E-state index >= 15 is 0 Å². The van der Waals surface area contributed by atoms with Gasteiger partial charge in [0.05, 0.1) is 4.90 Å². The summed E-state index contributed by atoms with van der Waals surface area (Å²) in [4.78, 5) is 0.396. The Hall–Kier alpha value is -1.65. The number of thiol groups is 1. The fraction of sp³-hybridized carbons (Fsp3) is 0. The molecule has 0 amide bonds. The van der Waals surface area contributed by atoms with Crippen LogP contribution in [0.1, 0.15) is 0 Å². The Labute approximate surface area is 111 Å². The van der Waals surface area contributed by atoms with Gasteiger partial charge in [-0.2, -0.15) is 11.3 Å². The Balaban J connectivity index is 0.000000202. The molecule has 0 aliphatic carbocycles. The van der Waals surface area contributed by atoms with Crippen molar-refractivity contribution in [1.82, 2.24) is 0 Å². The summed E-state index contributed by atoms with van der Waals surface area (Å²) in [7, 11) is -2.50. The van der Waals surface area contributed by atoms with Crippen LogP contribution < -0.4 is 0 Å². The topological polar surface area (TPSA) is 34.1 Å². The molecule has 0 aliphatic heterocycles. The van der Waals surface area contributed by atoms with E-state index in [4.69, 9.17) is 0 Å². The Morgan fingerprint density at radius 1 is 0.778 bits per heavy atom. The Morgan fingerprint density at radius 3 is 2.06 bits per heavy atom. The van der Waals surface area contributed by atoms with Crippen LogP contribution in [0.3, 0.4) is 0 Å². The summed E-state index contributed by atoms with van der Waals surface area (Å²) in [6.45, 7) is 0. The van der Waals surface area contributed by atoms with E-state index in [1.54, 1.807) is 23.5 Å². The monoisotopic (exact) mass is 276 g/mol. The van der Waals surface area contributed by atoms with Crippen molar-refractivity contribution in [2.45, 2.75) is 4.90 Å². The predicted molar refractivity (Wildman–Crippen MR) is 76.8 cm³/mol. The zero-order chi connectivity index (χ0) is 12.8. The molecule has 1 heterocycles. The molecule has 0 bridgehead atoms. The molecule has 18 heavy (non-hydrogen) atoms. The molecule has 0 saturated carbocycles. The molecule has 1 aromatic heterocycles. The number of hydrogen-bond acceptors (Lipinski definition) is 3. The number of hydrogen-bond donors (Lipinski definition) is 1. The van der Waals surface area contributed by atoms with Crippen molar-refractivity contribution < 1.29 is 8.42 Å². The molecule has 0 spiro atoms. The van der Waals surface area contributed by atoms with E-state index in [1.807, 2.05) is 53.2 Å². The first-order chi connectivity index (χ1) is 8.79. The molecule has 0 saturated heterocycles. The Bertz CT molecular complexity index is 655. The highest BCUT2D eigenvalue weighted by molar-refractivity contribution is 7.72. The third kappa shape index (κ3) is 3.18. The smallest absolute Gasteiger partial charge is 0.168 e. The first-order valence-electron chi connectivity index (χ1n) is 5.38. The minimum Gasteiger partial charge on any atom is -0.227 e. The lowest BCUT2D eigenvalue weighted by Crippen LogP contribution is -1.82. The maximum Gasteiger partial charge on any atom is 0.168 e. The van der Waals surface area contributed by atoms with Crippen molar-refractivity contribution in [2.75, 3.05) is 0 Å². The van der Waals surface area contributed by atoms with Crippen LogP contribution in [-0.2, 0) is 10.7 Å². The zero-order valence-electron chi connectivity index (χ0n) is 9.52. The lowest BCUT2D eigenvalue weighted by atomic mass is 10.1. The summed E-state index contributed by atoms with van der Waals surface area (Å²) in [6, 6.07) is 16.8. The molecule has 0 N–H and O–H groups in total. The number of benzene rings is 2. The largest absolute Gasteiger partial charge is 0.227 e. The van der Waals surface area contributed by atoms with Crippen molar-refractivity contribution >= 4 is 32.8 Å². The van der Waals surface area contributed by atoms with E-state index < -0.39 is 10.7 Å². The van der Waals surface area contributed by atoms with Gasteiger partial charge >= 0.3 is 0 Å². The van der Waals surface area contributed by atoms with Gasteiger partial charge in [-0.25, -0.2) is 8.42 Å². The van der Waals surface area contributed by atoms with Crippen LogP contribution in [0.2, 0.25) is 0 Å². The van der Waals surface area contributed by atoms with Gasteiger partial charge in [0.2, 0.25) is 0 Å². The van der Waals surface area contributed by atoms with Gasteiger partial charge in [0.1, 0.15) is 0 Å². The highest BCUT2D eigenvalue weighted by atomic mass is 32.2. The number of fused-ring (bicyclic) bond motifs is 1. The van der Waals surface area contributed by atoms with Crippen LogP contribution in [-0.4, -0.2) is 8.42 Å². The number of rotatable bonds is 1. The third-order valence-corrected chi connectivity index (χ3v) is 3.80. The van der Waals surface area contributed by atoms with Gasteiger partial charge in [-0.3, -0.25) is 0 Å². The second kappa shape index (κ2) is 6.33. The van der Waals surface area contributed by atoms with Gasteiger partial charge < -0.3 is 0 Å². The molecular weight excluding hydrogens is 264 g/mol. The molecular formula is C14H12O2S2. The van der Waals surface area contributed by atoms with Crippen LogP contribution in [0.5, 0.6) is 0 Å². The fourth-order valence-corrected chi connectivity index (χ4v) is 2.66. The van der Waals surface area contributed by atoms with E-state index in [-0.39, 0.29) is 0 Å². The van der Waals surface area contributed by atoms with Crippen LogP contribution in [0.25, 0.3) is 10.8 Å². The Kier molecular flexibility index (Phi) is 4.50. The first kappa shape index (κ1) is 12.8. The van der Waals surface area contributed by atoms with Gasteiger partial charge in [0.15, 0.2) is 10.7 Å². The quantitative estimate of drug-likeness (QED) is 0.690. The van der Waals surface area contributed by atoms with Crippen LogP contribution >= 0.6 is 11.3 Å². The van der Waals surface area contributed by atoms with E-state index in [1.165, 1.54) is 0 Å². The second-order valence-corrected chi connectivity index (χ2v) is 5.36. The molecule has 4 heteroatoms. The minimum absolute atomic E-state index is 0.396.